The molecule has 2 rings (SSSR count). The molecule has 1 unspecified atom stereocenters. The van der Waals surface area contributed by atoms with Crippen molar-refractivity contribution in [3.63, 3.8) is 0 Å². The number of rotatable bonds is 4. The van der Waals surface area contributed by atoms with Gasteiger partial charge in [0.05, 0.1) is 0 Å². The molecule has 4 nitrogen and oxygen atoms in total. The highest BCUT2D eigenvalue weighted by atomic mass is 35.5. The van der Waals surface area contributed by atoms with Gasteiger partial charge in [-0.15, -0.1) is 11.6 Å². The van der Waals surface area contributed by atoms with Crippen molar-refractivity contribution in [2.45, 2.75) is 25.1 Å². The molecule has 0 bridgehead atoms. The molecule has 22 heavy (non-hydrogen) atoms. The molecule has 1 aliphatic heterocycles. The third-order valence-corrected chi connectivity index (χ3v) is 4.26. The van der Waals surface area contributed by atoms with Crippen molar-refractivity contribution < 1.29 is 9.59 Å². The molecule has 1 saturated heterocycles. The van der Waals surface area contributed by atoms with Gasteiger partial charge in [-0.1, -0.05) is 23.7 Å². The number of piperazine rings is 1. The van der Waals surface area contributed by atoms with E-state index in [0.29, 0.717) is 44.0 Å². The maximum Gasteiger partial charge on any atom is 0.240 e. The maximum absolute atomic E-state index is 12.2. The fourth-order valence-electron chi connectivity index (χ4n) is 2.49. The number of carbonyl (C=O) groups is 2. The summed E-state index contributed by atoms with van der Waals surface area (Å²) in [5.74, 6) is 0.0656. The van der Waals surface area contributed by atoms with E-state index in [1.807, 2.05) is 29.2 Å². The van der Waals surface area contributed by atoms with Gasteiger partial charge in [0.2, 0.25) is 11.8 Å². The third-order valence-electron chi connectivity index (χ3n) is 3.83. The highest BCUT2D eigenvalue weighted by Gasteiger charge is 2.25. The van der Waals surface area contributed by atoms with Crippen LogP contribution in [-0.2, 0) is 16.0 Å². The van der Waals surface area contributed by atoms with Crippen molar-refractivity contribution >= 4 is 35.0 Å². The highest BCUT2D eigenvalue weighted by molar-refractivity contribution is 6.30. The Labute approximate surface area is 141 Å². The Kier molecular flexibility index (Phi) is 6.09. The van der Waals surface area contributed by atoms with Crippen LogP contribution in [0.15, 0.2) is 24.3 Å². The van der Waals surface area contributed by atoms with Crippen LogP contribution in [0.5, 0.6) is 0 Å². The second kappa shape index (κ2) is 7.84. The molecule has 1 fully saturated rings. The first-order valence-corrected chi connectivity index (χ1v) is 8.24. The molecule has 1 aromatic carbocycles. The molecule has 0 aliphatic carbocycles. The zero-order valence-electron chi connectivity index (χ0n) is 12.6. The summed E-state index contributed by atoms with van der Waals surface area (Å²) in [6.07, 6.45) is 1.18. The van der Waals surface area contributed by atoms with Crippen molar-refractivity contribution in [3.8, 4) is 0 Å². The Hall–Kier alpha value is -1.26. The molecule has 6 heteroatoms. The van der Waals surface area contributed by atoms with Gasteiger partial charge in [0.25, 0.3) is 0 Å². The molecule has 0 N–H and O–H groups in total. The van der Waals surface area contributed by atoms with Crippen molar-refractivity contribution in [2.75, 3.05) is 26.2 Å². The largest absolute Gasteiger partial charge is 0.339 e. The predicted octanol–water partition coefficient (Wildman–Crippen LogP) is 2.57. The number of nitrogens with zero attached hydrogens (tertiary/aromatic N) is 2. The van der Waals surface area contributed by atoms with E-state index in [0.717, 1.165) is 5.56 Å². The zero-order chi connectivity index (χ0) is 16.1. The van der Waals surface area contributed by atoms with E-state index < -0.39 is 5.38 Å². The number of halogens is 2. The Morgan fingerprint density at radius 2 is 1.64 bits per heavy atom. The minimum Gasteiger partial charge on any atom is -0.339 e. The van der Waals surface area contributed by atoms with Crippen molar-refractivity contribution in [2.24, 2.45) is 0 Å². The molecule has 2 amide bonds. The predicted molar refractivity (Wildman–Crippen MR) is 88.2 cm³/mol. The lowest BCUT2D eigenvalue weighted by atomic mass is 10.1. The molecule has 0 saturated carbocycles. The fourth-order valence-corrected chi connectivity index (χ4v) is 2.75. The molecule has 0 aromatic heterocycles. The minimum atomic E-state index is -0.507. The van der Waals surface area contributed by atoms with Gasteiger partial charge in [-0.2, -0.15) is 0 Å². The SMILES string of the molecule is CC(Cl)C(=O)N1CCN(C(=O)CCc2ccc(Cl)cc2)CC1. The summed E-state index contributed by atoms with van der Waals surface area (Å²) in [6.45, 7) is 3.95. The summed E-state index contributed by atoms with van der Waals surface area (Å²) in [6, 6.07) is 7.54. The summed E-state index contributed by atoms with van der Waals surface area (Å²) in [5, 5.41) is 0.191. The van der Waals surface area contributed by atoms with Gasteiger partial charge in [0.15, 0.2) is 0 Å². The number of amides is 2. The molecule has 1 aliphatic rings. The van der Waals surface area contributed by atoms with Gasteiger partial charge in [-0.25, -0.2) is 0 Å². The molecule has 0 spiro atoms. The molecular formula is C16H20Cl2N2O2. The first kappa shape index (κ1) is 17.1. The Balaban J connectivity index is 1.77. The minimum absolute atomic E-state index is 0.0603. The molecular weight excluding hydrogens is 323 g/mol. The second-order valence-corrected chi connectivity index (χ2v) is 6.54. The second-order valence-electron chi connectivity index (χ2n) is 5.45. The topological polar surface area (TPSA) is 40.6 Å². The van der Waals surface area contributed by atoms with Crippen LogP contribution in [0.1, 0.15) is 18.9 Å². The van der Waals surface area contributed by atoms with Crippen LogP contribution in [-0.4, -0.2) is 53.2 Å². The van der Waals surface area contributed by atoms with Crippen LogP contribution < -0.4 is 0 Å². The number of alkyl halides is 1. The lowest BCUT2D eigenvalue weighted by Gasteiger charge is -2.35. The van der Waals surface area contributed by atoms with Crippen LogP contribution in [0.2, 0.25) is 5.02 Å². The summed E-state index contributed by atoms with van der Waals surface area (Å²) < 4.78 is 0. The maximum atomic E-state index is 12.2. The summed E-state index contributed by atoms with van der Waals surface area (Å²) in [4.78, 5) is 27.6. The summed E-state index contributed by atoms with van der Waals surface area (Å²) >= 11 is 11.6. The summed E-state index contributed by atoms with van der Waals surface area (Å²) in [7, 11) is 0. The number of hydrogen-bond acceptors (Lipinski definition) is 2. The van der Waals surface area contributed by atoms with E-state index >= 15 is 0 Å². The van der Waals surface area contributed by atoms with Crippen molar-refractivity contribution in [3.05, 3.63) is 34.9 Å². The molecule has 120 valence electrons. The van der Waals surface area contributed by atoms with Crippen LogP contribution >= 0.6 is 23.2 Å². The number of benzene rings is 1. The fraction of sp³-hybridized carbons (Fsp3) is 0.500. The first-order chi connectivity index (χ1) is 10.5. The van der Waals surface area contributed by atoms with E-state index in [9.17, 15) is 9.59 Å². The highest BCUT2D eigenvalue weighted by Crippen LogP contribution is 2.13. The smallest absolute Gasteiger partial charge is 0.240 e. The average molecular weight is 343 g/mol. The van der Waals surface area contributed by atoms with Gasteiger partial charge < -0.3 is 9.80 Å². The van der Waals surface area contributed by atoms with Crippen LogP contribution in [0, 0.1) is 0 Å². The van der Waals surface area contributed by atoms with Crippen LogP contribution in [0.4, 0.5) is 0 Å². The third kappa shape index (κ3) is 4.62. The molecule has 0 radical (unpaired) electrons. The lowest BCUT2D eigenvalue weighted by molar-refractivity contribution is -0.139. The van der Waals surface area contributed by atoms with Gasteiger partial charge in [0.1, 0.15) is 5.38 Å². The monoisotopic (exact) mass is 342 g/mol. The molecule has 1 heterocycles. The quantitative estimate of drug-likeness (QED) is 0.789. The zero-order valence-corrected chi connectivity index (χ0v) is 14.1. The Morgan fingerprint density at radius 3 is 2.18 bits per heavy atom. The Bertz CT molecular complexity index is 523. The van der Waals surface area contributed by atoms with Gasteiger partial charge in [0, 0.05) is 37.6 Å². The van der Waals surface area contributed by atoms with E-state index in [1.165, 1.54) is 0 Å². The van der Waals surface area contributed by atoms with E-state index in [4.69, 9.17) is 23.2 Å². The van der Waals surface area contributed by atoms with Gasteiger partial charge in [-0.05, 0) is 31.0 Å². The van der Waals surface area contributed by atoms with E-state index in [-0.39, 0.29) is 11.8 Å². The number of carbonyl (C=O) groups excluding carboxylic acids is 2. The first-order valence-electron chi connectivity index (χ1n) is 7.42. The molecule has 1 aromatic rings. The summed E-state index contributed by atoms with van der Waals surface area (Å²) in [5.41, 5.74) is 1.10. The Morgan fingerprint density at radius 1 is 1.09 bits per heavy atom. The lowest BCUT2D eigenvalue weighted by Crippen LogP contribution is -2.52. The average Bonchev–Trinajstić information content (AvgIpc) is 2.53. The van der Waals surface area contributed by atoms with E-state index in [1.54, 1.807) is 11.8 Å². The van der Waals surface area contributed by atoms with Gasteiger partial charge in [-0.3, -0.25) is 9.59 Å². The number of hydrogen-bond donors (Lipinski definition) is 0. The molecule has 1 atom stereocenters. The van der Waals surface area contributed by atoms with E-state index in [2.05, 4.69) is 0 Å². The van der Waals surface area contributed by atoms with Crippen molar-refractivity contribution in [1.29, 1.82) is 0 Å². The van der Waals surface area contributed by atoms with Crippen molar-refractivity contribution in [1.82, 2.24) is 9.80 Å². The standard InChI is InChI=1S/C16H20Cl2N2O2/c1-12(17)16(22)20-10-8-19(9-11-20)15(21)7-4-13-2-5-14(18)6-3-13/h2-3,5-6,12H,4,7-11H2,1H3. The van der Waals surface area contributed by atoms with Crippen LogP contribution in [0.3, 0.4) is 0 Å². The normalized spacial score (nSPS) is 16.5. The van der Waals surface area contributed by atoms with Gasteiger partial charge >= 0.3 is 0 Å². The number of aryl methyl sites for hydroxylation is 1. The van der Waals surface area contributed by atoms with Crippen LogP contribution in [0.25, 0.3) is 0 Å².